The Morgan fingerprint density at radius 1 is 1.14 bits per heavy atom. The Morgan fingerprint density at radius 2 is 1.91 bits per heavy atom. The van der Waals surface area contributed by atoms with Crippen LogP contribution in [0.2, 0.25) is 0 Å². The number of aliphatic carboxylic acids is 1. The van der Waals surface area contributed by atoms with Crippen molar-refractivity contribution in [1.29, 1.82) is 0 Å². The van der Waals surface area contributed by atoms with Gasteiger partial charge in [-0.1, -0.05) is 35.5 Å². The van der Waals surface area contributed by atoms with E-state index in [-0.39, 0.29) is 12.5 Å². The second-order valence-electron chi connectivity index (χ2n) is 8.82. The van der Waals surface area contributed by atoms with Crippen LogP contribution in [0, 0.1) is 11.8 Å². The number of carboxylic acids is 1. The molecule has 0 radical (unpaired) electrons. The van der Waals surface area contributed by atoms with Crippen molar-refractivity contribution in [2.45, 2.75) is 43.6 Å². The zero-order valence-electron chi connectivity index (χ0n) is 18.5. The summed E-state index contributed by atoms with van der Waals surface area (Å²) in [6.07, 6.45) is 2.77. The molecule has 2 aliphatic rings. The van der Waals surface area contributed by atoms with E-state index in [1.54, 1.807) is 0 Å². The highest BCUT2D eigenvalue weighted by Crippen LogP contribution is 2.52. The van der Waals surface area contributed by atoms with Gasteiger partial charge in [-0.15, -0.1) is 22.7 Å². The van der Waals surface area contributed by atoms with E-state index in [1.807, 2.05) is 42.5 Å². The van der Waals surface area contributed by atoms with Gasteiger partial charge in [-0.2, -0.15) is 0 Å². The van der Waals surface area contributed by atoms with Gasteiger partial charge in [0, 0.05) is 20.2 Å². The van der Waals surface area contributed by atoms with Gasteiger partial charge in [0.05, 0.1) is 4.88 Å². The second kappa shape index (κ2) is 8.56. The number of hydrogen-bond acceptors (Lipinski definition) is 7. The lowest BCUT2D eigenvalue weighted by Crippen LogP contribution is -2.17. The summed E-state index contributed by atoms with van der Waals surface area (Å²) in [7, 11) is 0. The molecule has 0 bridgehead atoms. The number of amides is 1. The third-order valence-electron chi connectivity index (χ3n) is 6.25. The average Bonchev–Trinajstić information content (AvgIpc) is 3.75. The lowest BCUT2D eigenvalue weighted by Gasteiger charge is -2.07. The van der Waals surface area contributed by atoms with Gasteiger partial charge in [-0.25, -0.2) is 4.79 Å². The van der Waals surface area contributed by atoms with Gasteiger partial charge >= 0.3 is 12.1 Å². The minimum absolute atomic E-state index is 0.162. The molecule has 4 aromatic rings. The second-order valence-corrected chi connectivity index (χ2v) is 11.0. The molecule has 9 heteroatoms. The van der Waals surface area contributed by atoms with Gasteiger partial charge in [0.2, 0.25) is 0 Å². The van der Waals surface area contributed by atoms with E-state index in [9.17, 15) is 14.7 Å². The molecule has 176 valence electrons. The van der Waals surface area contributed by atoms with Crippen LogP contribution in [-0.2, 0) is 21.6 Å². The van der Waals surface area contributed by atoms with E-state index in [2.05, 4.69) is 22.3 Å². The number of fused-ring (bicyclic) bond motifs is 1. The van der Waals surface area contributed by atoms with Gasteiger partial charge in [0.1, 0.15) is 17.7 Å². The summed E-state index contributed by atoms with van der Waals surface area (Å²) in [5, 5.41) is 16.4. The number of carbonyl (C=O) groups excluding carboxylic acids is 1. The SMILES string of the molecule is O=C(Nc1c(C#Cc2cc3sc(C4(C(=O)O)CC4)cc3s2)noc1C1CC1)OCc1ccccc1. The van der Waals surface area contributed by atoms with E-state index in [4.69, 9.17) is 9.26 Å². The smallest absolute Gasteiger partial charge is 0.412 e. The predicted octanol–water partition coefficient (Wildman–Crippen LogP) is 6.09. The topological polar surface area (TPSA) is 102 Å². The van der Waals surface area contributed by atoms with Crippen molar-refractivity contribution in [3.8, 4) is 11.8 Å². The third-order valence-corrected chi connectivity index (χ3v) is 8.66. The molecule has 0 unspecified atom stereocenters. The summed E-state index contributed by atoms with van der Waals surface area (Å²) >= 11 is 3.04. The molecule has 0 spiro atoms. The van der Waals surface area contributed by atoms with E-state index in [0.29, 0.717) is 30.0 Å². The van der Waals surface area contributed by atoms with Crippen LogP contribution in [0.25, 0.3) is 9.40 Å². The van der Waals surface area contributed by atoms with Gasteiger partial charge in [0.25, 0.3) is 0 Å². The van der Waals surface area contributed by atoms with Gasteiger partial charge in [0.15, 0.2) is 11.5 Å². The number of ether oxygens (including phenoxy) is 1. The van der Waals surface area contributed by atoms with Crippen LogP contribution in [0.1, 0.15) is 58.4 Å². The Bertz CT molecular complexity index is 1470. The monoisotopic (exact) mass is 504 g/mol. The fraction of sp³-hybridized carbons (Fsp3) is 0.269. The van der Waals surface area contributed by atoms with Crippen LogP contribution in [0.4, 0.5) is 10.5 Å². The number of anilines is 1. The van der Waals surface area contributed by atoms with Crippen molar-refractivity contribution in [2.24, 2.45) is 0 Å². The lowest BCUT2D eigenvalue weighted by atomic mass is 10.1. The fourth-order valence-corrected chi connectivity index (χ4v) is 6.43. The molecular formula is C26H20N2O5S2. The maximum absolute atomic E-state index is 12.5. The van der Waals surface area contributed by atoms with Crippen molar-refractivity contribution >= 4 is 49.8 Å². The van der Waals surface area contributed by atoms with Gasteiger partial charge < -0.3 is 14.4 Å². The number of aromatic nitrogens is 1. The first-order valence-electron chi connectivity index (χ1n) is 11.3. The van der Waals surface area contributed by atoms with E-state index in [0.717, 1.165) is 37.6 Å². The molecule has 0 atom stereocenters. The minimum Gasteiger partial charge on any atom is -0.481 e. The van der Waals surface area contributed by atoms with Crippen molar-refractivity contribution < 1.29 is 24.0 Å². The Balaban J connectivity index is 1.20. The summed E-state index contributed by atoms with van der Waals surface area (Å²) in [6.45, 7) is 0.162. The van der Waals surface area contributed by atoms with Gasteiger partial charge in [-0.05, 0) is 55.2 Å². The van der Waals surface area contributed by atoms with Crippen LogP contribution in [0.3, 0.4) is 0 Å². The van der Waals surface area contributed by atoms with Crippen LogP contribution in [0.15, 0.2) is 47.0 Å². The third kappa shape index (κ3) is 4.31. The summed E-state index contributed by atoms with van der Waals surface area (Å²) in [4.78, 5) is 25.8. The first-order valence-corrected chi connectivity index (χ1v) is 12.9. The Labute approximate surface area is 208 Å². The summed E-state index contributed by atoms with van der Waals surface area (Å²) in [6, 6.07) is 13.4. The molecule has 2 N–H and O–H groups in total. The molecule has 2 saturated carbocycles. The summed E-state index contributed by atoms with van der Waals surface area (Å²) in [5.41, 5.74) is 1.04. The molecule has 0 saturated heterocycles. The van der Waals surface area contributed by atoms with E-state index < -0.39 is 17.5 Å². The molecule has 35 heavy (non-hydrogen) atoms. The largest absolute Gasteiger partial charge is 0.481 e. The maximum atomic E-state index is 12.5. The van der Waals surface area contributed by atoms with Crippen LogP contribution in [-0.4, -0.2) is 22.3 Å². The Kier molecular flexibility index (Phi) is 5.35. The molecule has 3 heterocycles. The molecule has 7 nitrogen and oxygen atoms in total. The average molecular weight is 505 g/mol. The van der Waals surface area contributed by atoms with Crippen LogP contribution in [0.5, 0.6) is 0 Å². The first kappa shape index (κ1) is 21.9. The zero-order valence-corrected chi connectivity index (χ0v) is 20.1. The highest BCUT2D eigenvalue weighted by Gasteiger charge is 2.53. The predicted molar refractivity (Wildman–Crippen MR) is 133 cm³/mol. The summed E-state index contributed by atoms with van der Waals surface area (Å²) in [5.74, 6) is 6.28. The fourth-order valence-electron chi connectivity index (χ4n) is 3.94. The number of hydrogen-bond donors (Lipinski definition) is 2. The van der Waals surface area contributed by atoms with Gasteiger partial charge in [-0.3, -0.25) is 10.1 Å². The number of carboxylic acid groups (broad SMARTS) is 1. The van der Waals surface area contributed by atoms with E-state index in [1.165, 1.54) is 22.7 Å². The van der Waals surface area contributed by atoms with Crippen molar-refractivity contribution in [3.63, 3.8) is 0 Å². The molecule has 6 rings (SSSR count). The zero-order chi connectivity index (χ0) is 24.0. The first-order chi connectivity index (χ1) is 17.0. The lowest BCUT2D eigenvalue weighted by molar-refractivity contribution is -0.139. The normalized spacial score (nSPS) is 15.9. The van der Waals surface area contributed by atoms with Crippen molar-refractivity contribution in [3.05, 3.63) is 69.2 Å². The minimum atomic E-state index is -0.744. The molecule has 2 fully saturated rings. The molecule has 0 aliphatic heterocycles. The molecular weight excluding hydrogens is 484 g/mol. The number of nitrogens with one attached hydrogen (secondary N) is 1. The molecule has 1 amide bonds. The van der Waals surface area contributed by atoms with Crippen LogP contribution >= 0.6 is 22.7 Å². The molecule has 1 aromatic carbocycles. The highest BCUT2D eigenvalue weighted by molar-refractivity contribution is 7.28. The standard InChI is InChI=1S/C26H20N2O5S2/c29-24(30)26(10-11-26)21-13-20-19(35-21)12-17(34-20)8-9-18-22(23(33-28-18)16-6-7-16)27-25(31)32-14-15-4-2-1-3-5-15/h1-5,12-13,16H,6-7,10-11,14H2,(H,27,31)(H,29,30). The number of nitrogens with zero attached hydrogens (tertiary/aromatic N) is 1. The van der Waals surface area contributed by atoms with Crippen molar-refractivity contribution in [2.75, 3.05) is 5.32 Å². The number of rotatable bonds is 6. The maximum Gasteiger partial charge on any atom is 0.412 e. The highest BCUT2D eigenvalue weighted by atomic mass is 32.1. The molecule has 3 aromatic heterocycles. The Hall–Kier alpha value is -3.61. The number of carbonyl (C=O) groups is 2. The van der Waals surface area contributed by atoms with E-state index >= 15 is 0 Å². The number of benzene rings is 1. The Morgan fingerprint density at radius 3 is 2.60 bits per heavy atom. The molecule has 2 aliphatic carbocycles. The quantitative estimate of drug-likeness (QED) is 0.308. The van der Waals surface area contributed by atoms with Crippen LogP contribution < -0.4 is 5.32 Å². The summed E-state index contributed by atoms with van der Waals surface area (Å²) < 4.78 is 12.9. The number of thiophene rings is 2. The van der Waals surface area contributed by atoms with Crippen molar-refractivity contribution in [1.82, 2.24) is 5.16 Å².